The van der Waals surface area contributed by atoms with Crippen molar-refractivity contribution in [3.63, 3.8) is 0 Å². The molecule has 92 valence electrons. The van der Waals surface area contributed by atoms with Crippen LogP contribution in [0.1, 0.15) is 47.5 Å². The van der Waals surface area contributed by atoms with E-state index in [9.17, 15) is 4.79 Å². The first-order valence-electron chi connectivity index (χ1n) is 5.80. The van der Waals surface area contributed by atoms with E-state index in [1.165, 1.54) is 17.9 Å². The first-order chi connectivity index (χ1) is 7.28. The summed E-state index contributed by atoms with van der Waals surface area (Å²) in [6.45, 7) is 10.0. The Kier molecular flexibility index (Phi) is 3.94. The number of hydrogen-bond donors (Lipinski definition) is 0. The highest BCUT2D eigenvalue weighted by atomic mass is 16.6. The Hall–Kier alpha value is -1.06. The van der Waals surface area contributed by atoms with Gasteiger partial charge >= 0.3 is 6.09 Å². The molecule has 0 bridgehead atoms. The van der Waals surface area contributed by atoms with Gasteiger partial charge in [0.25, 0.3) is 0 Å². The van der Waals surface area contributed by atoms with E-state index in [-0.39, 0.29) is 6.09 Å². The zero-order chi connectivity index (χ0) is 12.3. The molecule has 1 fully saturated rings. The Labute approximate surface area is 97.6 Å². The van der Waals surface area contributed by atoms with E-state index in [1.54, 1.807) is 0 Å². The number of carbonyl (C=O) groups is 1. The lowest BCUT2D eigenvalue weighted by molar-refractivity contribution is 0.0245. The summed E-state index contributed by atoms with van der Waals surface area (Å²) >= 11 is 0. The summed E-state index contributed by atoms with van der Waals surface area (Å²) in [5, 5.41) is 5.67. The summed E-state index contributed by atoms with van der Waals surface area (Å²) in [7, 11) is 0. The van der Waals surface area contributed by atoms with Crippen molar-refractivity contribution in [3.05, 3.63) is 0 Å². The van der Waals surface area contributed by atoms with Crippen LogP contribution >= 0.6 is 0 Å². The van der Waals surface area contributed by atoms with Crippen molar-refractivity contribution in [1.29, 1.82) is 0 Å². The second-order valence-corrected chi connectivity index (χ2v) is 5.55. The molecule has 0 heterocycles. The number of hydrazone groups is 1. The molecule has 0 aromatic carbocycles. The SMILES string of the molecule is CC(C)=NN(CC1CC1)C(=O)OC(C)(C)C. The average Bonchev–Trinajstić information content (AvgIpc) is 2.82. The lowest BCUT2D eigenvalue weighted by Gasteiger charge is -2.24. The molecule has 16 heavy (non-hydrogen) atoms. The van der Waals surface area contributed by atoms with Gasteiger partial charge in [0.2, 0.25) is 0 Å². The minimum atomic E-state index is -0.462. The smallest absolute Gasteiger partial charge is 0.430 e. The minimum Gasteiger partial charge on any atom is -0.442 e. The summed E-state index contributed by atoms with van der Waals surface area (Å²) in [6.07, 6.45) is 2.04. The molecule has 0 radical (unpaired) electrons. The van der Waals surface area contributed by atoms with Crippen molar-refractivity contribution in [2.75, 3.05) is 6.54 Å². The maximum atomic E-state index is 11.9. The lowest BCUT2D eigenvalue weighted by Crippen LogP contribution is -2.35. The Morgan fingerprint density at radius 1 is 1.38 bits per heavy atom. The molecule has 0 aromatic heterocycles. The van der Waals surface area contributed by atoms with Crippen LogP contribution in [0.15, 0.2) is 5.10 Å². The normalized spacial score (nSPS) is 15.6. The Morgan fingerprint density at radius 3 is 2.31 bits per heavy atom. The average molecular weight is 226 g/mol. The van der Waals surface area contributed by atoms with E-state index < -0.39 is 5.60 Å². The lowest BCUT2D eigenvalue weighted by atomic mass is 10.2. The predicted molar refractivity (Wildman–Crippen MR) is 64.4 cm³/mol. The zero-order valence-corrected chi connectivity index (χ0v) is 10.9. The maximum Gasteiger partial charge on any atom is 0.430 e. The Bertz CT molecular complexity index is 284. The molecule has 0 unspecified atom stereocenters. The molecule has 0 atom stereocenters. The van der Waals surface area contributed by atoms with Gasteiger partial charge in [0.1, 0.15) is 5.60 Å². The van der Waals surface area contributed by atoms with Crippen LogP contribution in [0.2, 0.25) is 0 Å². The number of ether oxygens (including phenoxy) is 1. The third-order valence-electron chi connectivity index (χ3n) is 2.05. The predicted octanol–water partition coefficient (Wildman–Crippen LogP) is 3.03. The van der Waals surface area contributed by atoms with E-state index in [0.717, 1.165) is 5.71 Å². The molecule has 1 aliphatic rings. The third-order valence-corrected chi connectivity index (χ3v) is 2.05. The molecule has 0 aromatic rings. The van der Waals surface area contributed by atoms with Crippen molar-refractivity contribution in [2.45, 2.75) is 53.1 Å². The molecule has 0 aliphatic heterocycles. The number of amides is 1. The Morgan fingerprint density at radius 2 is 1.94 bits per heavy atom. The number of nitrogens with zero attached hydrogens (tertiary/aromatic N) is 2. The highest BCUT2D eigenvalue weighted by molar-refractivity contribution is 5.80. The minimum absolute atomic E-state index is 0.347. The van der Waals surface area contributed by atoms with Gasteiger partial charge in [0.15, 0.2) is 0 Å². The summed E-state index contributed by atoms with van der Waals surface area (Å²) < 4.78 is 5.31. The number of carbonyl (C=O) groups excluding carboxylic acids is 1. The first-order valence-corrected chi connectivity index (χ1v) is 5.80. The van der Waals surface area contributed by atoms with E-state index in [2.05, 4.69) is 5.10 Å². The van der Waals surface area contributed by atoms with E-state index in [4.69, 9.17) is 4.74 Å². The van der Waals surface area contributed by atoms with Gasteiger partial charge < -0.3 is 4.74 Å². The summed E-state index contributed by atoms with van der Waals surface area (Å²) in [5.74, 6) is 0.607. The monoisotopic (exact) mass is 226 g/mol. The van der Waals surface area contributed by atoms with Gasteiger partial charge in [0.05, 0.1) is 6.54 Å². The topological polar surface area (TPSA) is 41.9 Å². The van der Waals surface area contributed by atoms with Gasteiger partial charge in [-0.25, -0.2) is 4.79 Å². The van der Waals surface area contributed by atoms with Crippen LogP contribution in [-0.2, 0) is 4.74 Å². The molecule has 1 amide bonds. The molecule has 4 heteroatoms. The molecular formula is C12H22N2O2. The zero-order valence-electron chi connectivity index (χ0n) is 10.9. The second-order valence-electron chi connectivity index (χ2n) is 5.55. The number of hydrogen-bond acceptors (Lipinski definition) is 3. The molecule has 0 spiro atoms. The second kappa shape index (κ2) is 4.85. The standard InChI is InChI=1S/C12H22N2O2/c1-9(2)13-14(8-10-6-7-10)11(15)16-12(3,4)5/h10H,6-8H2,1-5H3. The Balaban J connectivity index is 2.59. The van der Waals surface area contributed by atoms with Crippen LogP contribution in [0.25, 0.3) is 0 Å². The van der Waals surface area contributed by atoms with Gasteiger partial charge in [-0.1, -0.05) is 0 Å². The van der Waals surface area contributed by atoms with Crippen LogP contribution in [0.3, 0.4) is 0 Å². The molecule has 4 nitrogen and oxygen atoms in total. The van der Waals surface area contributed by atoms with E-state index in [0.29, 0.717) is 12.5 Å². The summed E-state index contributed by atoms with van der Waals surface area (Å²) in [4.78, 5) is 11.9. The van der Waals surface area contributed by atoms with Gasteiger partial charge in [-0.05, 0) is 53.4 Å². The van der Waals surface area contributed by atoms with Crippen LogP contribution in [0.5, 0.6) is 0 Å². The van der Waals surface area contributed by atoms with Gasteiger partial charge in [-0.15, -0.1) is 0 Å². The summed E-state index contributed by atoms with van der Waals surface area (Å²) in [5.41, 5.74) is 0.405. The fraction of sp³-hybridized carbons (Fsp3) is 0.833. The molecule has 1 rings (SSSR count). The highest BCUT2D eigenvalue weighted by Gasteiger charge is 2.29. The number of rotatable bonds is 3. The fourth-order valence-electron chi connectivity index (χ4n) is 1.26. The highest BCUT2D eigenvalue weighted by Crippen LogP contribution is 2.30. The molecule has 0 saturated heterocycles. The van der Waals surface area contributed by atoms with Crippen molar-refractivity contribution < 1.29 is 9.53 Å². The van der Waals surface area contributed by atoms with E-state index >= 15 is 0 Å². The largest absolute Gasteiger partial charge is 0.442 e. The summed E-state index contributed by atoms with van der Waals surface area (Å²) in [6, 6.07) is 0. The van der Waals surface area contributed by atoms with Crippen molar-refractivity contribution in [2.24, 2.45) is 11.0 Å². The molecule has 1 saturated carbocycles. The van der Waals surface area contributed by atoms with Crippen LogP contribution in [0, 0.1) is 5.92 Å². The van der Waals surface area contributed by atoms with Crippen molar-refractivity contribution in [3.8, 4) is 0 Å². The van der Waals surface area contributed by atoms with Crippen LogP contribution in [-0.4, -0.2) is 29.0 Å². The first kappa shape index (κ1) is 13.0. The van der Waals surface area contributed by atoms with Crippen molar-refractivity contribution in [1.82, 2.24) is 5.01 Å². The third kappa shape index (κ3) is 5.14. The molecular weight excluding hydrogens is 204 g/mol. The fourth-order valence-corrected chi connectivity index (χ4v) is 1.26. The van der Waals surface area contributed by atoms with Gasteiger partial charge in [0, 0.05) is 5.71 Å². The quantitative estimate of drug-likeness (QED) is 0.548. The van der Waals surface area contributed by atoms with Crippen LogP contribution in [0.4, 0.5) is 4.79 Å². The maximum absolute atomic E-state index is 11.9. The van der Waals surface area contributed by atoms with Gasteiger partial charge in [-0.2, -0.15) is 10.1 Å². The van der Waals surface area contributed by atoms with Gasteiger partial charge in [-0.3, -0.25) is 0 Å². The molecule has 1 aliphatic carbocycles. The molecule has 0 N–H and O–H groups in total. The van der Waals surface area contributed by atoms with E-state index in [1.807, 2.05) is 34.6 Å². The van der Waals surface area contributed by atoms with Crippen LogP contribution < -0.4 is 0 Å². The van der Waals surface area contributed by atoms with Crippen molar-refractivity contribution >= 4 is 11.8 Å².